The van der Waals surface area contributed by atoms with Gasteiger partial charge in [-0.2, -0.15) is 0 Å². The van der Waals surface area contributed by atoms with Gasteiger partial charge in [0.25, 0.3) is 5.91 Å². The number of hydrogen-bond donors (Lipinski definition) is 2. The van der Waals surface area contributed by atoms with Crippen LogP contribution in [-0.2, 0) is 0 Å². The Hall–Kier alpha value is -1.53. The second kappa shape index (κ2) is 3.75. The van der Waals surface area contributed by atoms with Crippen molar-refractivity contribution in [2.45, 2.75) is 6.17 Å². The lowest BCUT2D eigenvalue weighted by Crippen LogP contribution is -2.46. The molecule has 0 bridgehead atoms. The van der Waals surface area contributed by atoms with E-state index in [0.717, 1.165) is 5.69 Å². The summed E-state index contributed by atoms with van der Waals surface area (Å²) in [5.41, 5.74) is 1.52. The number of amidine groups is 1. The third kappa shape index (κ3) is 1.60. The molecule has 1 atom stereocenters. The molecule has 1 amide bonds. The van der Waals surface area contributed by atoms with Gasteiger partial charge in [-0.25, -0.2) is 4.99 Å². The summed E-state index contributed by atoms with van der Waals surface area (Å²) in [4.78, 5) is 18.4. The van der Waals surface area contributed by atoms with Crippen molar-refractivity contribution in [1.29, 1.82) is 0 Å². The van der Waals surface area contributed by atoms with Crippen molar-refractivity contribution < 1.29 is 4.79 Å². The molecule has 1 aromatic rings. The molecule has 3 rings (SSSR count). The molecule has 1 unspecified atom stereocenters. The number of thiophene rings is 1. The highest BCUT2D eigenvalue weighted by molar-refractivity contribution is 7.12. The Morgan fingerprint density at radius 3 is 3.24 bits per heavy atom. The highest BCUT2D eigenvalue weighted by atomic mass is 35.5. The molecule has 0 fully saturated rings. The van der Waals surface area contributed by atoms with E-state index in [1.807, 2.05) is 18.5 Å². The monoisotopic (exact) mass is 268 g/mol. The van der Waals surface area contributed by atoms with Crippen LogP contribution in [0.25, 0.3) is 0 Å². The van der Waals surface area contributed by atoms with Crippen LogP contribution in [0.1, 0.15) is 9.67 Å². The number of halogens is 1. The molecule has 88 valence electrons. The Labute approximate surface area is 107 Å². The standard InChI is InChI=1S/C10H9ClN4OS/c1-15-8-6(4-12-10(15)11)14-9(16)7-5(13-8)2-3-17-7/h2-4,8,13H,1H3,(H,14,16). The van der Waals surface area contributed by atoms with Gasteiger partial charge in [0, 0.05) is 7.05 Å². The minimum Gasteiger partial charge on any atom is -0.359 e. The largest absolute Gasteiger partial charge is 0.359 e. The number of hydrogen-bond acceptors (Lipinski definition) is 5. The number of anilines is 1. The maximum Gasteiger partial charge on any atom is 0.267 e. The van der Waals surface area contributed by atoms with Gasteiger partial charge in [-0.05, 0) is 23.0 Å². The number of nitrogens with zero attached hydrogens (tertiary/aromatic N) is 2. The van der Waals surface area contributed by atoms with Crippen molar-refractivity contribution in [2.75, 3.05) is 12.4 Å². The fraction of sp³-hybridized carbons (Fsp3) is 0.200. The SMILES string of the molecule is CN1C(Cl)=NC=C2NC(=O)c3sccc3NC21. The van der Waals surface area contributed by atoms with Crippen molar-refractivity contribution in [1.82, 2.24) is 10.2 Å². The normalized spacial score (nSPS) is 22.6. The molecule has 2 aliphatic rings. The van der Waals surface area contributed by atoms with Gasteiger partial charge in [0.2, 0.25) is 0 Å². The Morgan fingerprint density at radius 2 is 2.41 bits per heavy atom. The molecule has 5 nitrogen and oxygen atoms in total. The molecule has 0 saturated heterocycles. The zero-order valence-corrected chi connectivity index (χ0v) is 10.5. The number of carbonyl (C=O) groups excluding carboxylic acids is 1. The van der Waals surface area contributed by atoms with Crippen LogP contribution in [0.2, 0.25) is 0 Å². The van der Waals surface area contributed by atoms with Crippen LogP contribution < -0.4 is 10.6 Å². The van der Waals surface area contributed by atoms with Gasteiger partial charge in [0.15, 0.2) is 5.29 Å². The lowest BCUT2D eigenvalue weighted by Gasteiger charge is -2.32. The highest BCUT2D eigenvalue weighted by Crippen LogP contribution is 2.29. The number of aliphatic imine (C=N–C) groups is 1. The van der Waals surface area contributed by atoms with Crippen LogP contribution in [-0.4, -0.2) is 29.3 Å². The van der Waals surface area contributed by atoms with E-state index < -0.39 is 0 Å². The summed E-state index contributed by atoms with van der Waals surface area (Å²) in [6.45, 7) is 0. The third-order valence-electron chi connectivity index (χ3n) is 2.70. The Morgan fingerprint density at radius 1 is 1.59 bits per heavy atom. The van der Waals surface area contributed by atoms with E-state index in [-0.39, 0.29) is 12.1 Å². The third-order valence-corrected chi connectivity index (χ3v) is 3.98. The fourth-order valence-corrected chi connectivity index (χ4v) is 2.71. The van der Waals surface area contributed by atoms with E-state index in [1.165, 1.54) is 11.3 Å². The molecule has 0 aliphatic carbocycles. The van der Waals surface area contributed by atoms with Crippen molar-refractivity contribution in [3.63, 3.8) is 0 Å². The second-order valence-corrected chi connectivity index (χ2v) is 5.01. The number of amides is 1. The Bertz CT molecular complexity index is 550. The van der Waals surface area contributed by atoms with Gasteiger partial charge < -0.3 is 15.5 Å². The minimum atomic E-state index is -0.195. The van der Waals surface area contributed by atoms with Crippen molar-refractivity contribution in [3.8, 4) is 0 Å². The second-order valence-electron chi connectivity index (χ2n) is 3.76. The number of fused-ring (bicyclic) bond motifs is 2. The summed E-state index contributed by atoms with van der Waals surface area (Å²) < 4.78 is 0. The van der Waals surface area contributed by atoms with E-state index in [2.05, 4.69) is 15.6 Å². The molecule has 0 saturated carbocycles. The molecule has 17 heavy (non-hydrogen) atoms. The van der Waals surface area contributed by atoms with E-state index in [9.17, 15) is 4.79 Å². The first-order valence-electron chi connectivity index (χ1n) is 4.98. The number of rotatable bonds is 0. The maximum absolute atomic E-state index is 11.9. The van der Waals surface area contributed by atoms with Gasteiger partial charge in [-0.15, -0.1) is 11.3 Å². The predicted molar refractivity (Wildman–Crippen MR) is 68.3 cm³/mol. The molecule has 0 radical (unpaired) electrons. The lowest BCUT2D eigenvalue weighted by molar-refractivity contribution is 0.0968. The molecular formula is C10H9ClN4OS. The van der Waals surface area contributed by atoms with Crippen molar-refractivity contribution in [3.05, 3.63) is 28.2 Å². The molecule has 3 heterocycles. The quantitative estimate of drug-likeness (QED) is 0.703. The number of likely N-dealkylation sites (N-methyl/N-ethyl adjacent to an activating group) is 1. The van der Waals surface area contributed by atoms with Crippen LogP contribution in [0, 0.1) is 0 Å². The van der Waals surface area contributed by atoms with Crippen LogP contribution >= 0.6 is 22.9 Å². The Kier molecular flexibility index (Phi) is 2.34. The predicted octanol–water partition coefficient (Wildman–Crippen LogP) is 1.61. The van der Waals surface area contributed by atoms with Crippen LogP contribution in [0.5, 0.6) is 0 Å². The van der Waals surface area contributed by atoms with Crippen molar-refractivity contribution >= 4 is 39.8 Å². The summed E-state index contributed by atoms with van der Waals surface area (Å²) in [5, 5.41) is 8.38. The molecule has 0 aromatic carbocycles. The number of nitrogens with one attached hydrogen (secondary N) is 2. The molecule has 2 aliphatic heterocycles. The highest BCUT2D eigenvalue weighted by Gasteiger charge is 2.31. The Balaban J connectivity index is 2.05. The summed E-state index contributed by atoms with van der Waals surface area (Å²) >= 11 is 7.36. The summed E-state index contributed by atoms with van der Waals surface area (Å²) in [5.74, 6) is -0.113. The topological polar surface area (TPSA) is 56.7 Å². The minimum absolute atomic E-state index is 0.113. The fourth-order valence-electron chi connectivity index (χ4n) is 1.81. The van der Waals surface area contributed by atoms with Gasteiger partial charge in [0.05, 0.1) is 17.6 Å². The zero-order valence-electron chi connectivity index (χ0n) is 8.90. The number of carbonyl (C=O) groups is 1. The summed E-state index contributed by atoms with van der Waals surface area (Å²) in [6, 6.07) is 1.88. The van der Waals surface area contributed by atoms with E-state index >= 15 is 0 Å². The molecule has 7 heteroatoms. The van der Waals surface area contributed by atoms with Gasteiger partial charge in [-0.3, -0.25) is 4.79 Å². The van der Waals surface area contributed by atoms with Gasteiger partial charge in [0.1, 0.15) is 11.0 Å². The molecular weight excluding hydrogens is 260 g/mol. The van der Waals surface area contributed by atoms with Crippen LogP contribution in [0.3, 0.4) is 0 Å². The van der Waals surface area contributed by atoms with Crippen LogP contribution in [0.15, 0.2) is 28.3 Å². The van der Waals surface area contributed by atoms with E-state index in [4.69, 9.17) is 11.6 Å². The van der Waals surface area contributed by atoms with E-state index in [1.54, 1.807) is 11.1 Å². The van der Waals surface area contributed by atoms with Crippen molar-refractivity contribution in [2.24, 2.45) is 4.99 Å². The lowest BCUT2D eigenvalue weighted by atomic mass is 10.3. The first kappa shape index (κ1) is 10.6. The average Bonchev–Trinajstić information content (AvgIpc) is 2.72. The molecule has 1 aromatic heterocycles. The van der Waals surface area contributed by atoms with Crippen LogP contribution in [0.4, 0.5) is 5.69 Å². The maximum atomic E-state index is 11.9. The summed E-state index contributed by atoms with van der Waals surface area (Å²) in [6.07, 6.45) is 1.38. The average molecular weight is 269 g/mol. The first-order chi connectivity index (χ1) is 8.16. The zero-order chi connectivity index (χ0) is 12.0. The molecule has 0 spiro atoms. The summed E-state index contributed by atoms with van der Waals surface area (Å²) in [7, 11) is 1.82. The van der Waals surface area contributed by atoms with Gasteiger partial charge in [-0.1, -0.05) is 0 Å². The van der Waals surface area contributed by atoms with Gasteiger partial charge >= 0.3 is 0 Å². The first-order valence-corrected chi connectivity index (χ1v) is 6.24. The smallest absolute Gasteiger partial charge is 0.267 e. The van der Waals surface area contributed by atoms with E-state index in [0.29, 0.717) is 15.9 Å². The molecule has 2 N–H and O–H groups in total.